The van der Waals surface area contributed by atoms with Crippen LogP contribution in [0.25, 0.3) is 0 Å². The first-order valence-corrected chi connectivity index (χ1v) is 9.04. The van der Waals surface area contributed by atoms with Crippen LogP contribution in [0.15, 0.2) is 36.7 Å². The second kappa shape index (κ2) is 6.98. The number of amides is 1. The third kappa shape index (κ3) is 3.19. The van der Waals surface area contributed by atoms with E-state index < -0.39 is 0 Å². The lowest BCUT2D eigenvalue weighted by atomic mass is 10.1. The molecule has 25 heavy (non-hydrogen) atoms. The lowest BCUT2D eigenvalue weighted by molar-refractivity contribution is -0.119. The summed E-state index contributed by atoms with van der Waals surface area (Å²) in [5.41, 5.74) is 2.37. The van der Waals surface area contributed by atoms with Crippen molar-refractivity contribution in [1.82, 2.24) is 19.8 Å². The Hall–Kier alpha value is -2.18. The van der Waals surface area contributed by atoms with Gasteiger partial charge in [0.15, 0.2) is 0 Å². The predicted octanol–water partition coefficient (Wildman–Crippen LogP) is 1.35. The number of benzene rings is 1. The van der Waals surface area contributed by atoms with Gasteiger partial charge in [-0.3, -0.25) is 9.69 Å². The number of piperazine rings is 1. The number of aromatic nitrogens is 2. The molecule has 6 nitrogen and oxygen atoms in total. The number of rotatable bonds is 4. The molecule has 6 heteroatoms. The third-order valence-electron chi connectivity index (χ3n) is 5.31. The number of hydrogen-bond acceptors (Lipinski definition) is 4. The minimum absolute atomic E-state index is 0.224. The average molecular weight is 339 g/mol. The van der Waals surface area contributed by atoms with Crippen molar-refractivity contribution in [1.29, 1.82) is 0 Å². The second-order valence-corrected chi connectivity index (χ2v) is 6.83. The van der Waals surface area contributed by atoms with E-state index in [9.17, 15) is 4.79 Å². The molecule has 0 saturated carbocycles. The van der Waals surface area contributed by atoms with E-state index in [0.29, 0.717) is 6.42 Å². The van der Waals surface area contributed by atoms with Crippen molar-refractivity contribution in [3.8, 4) is 0 Å². The smallest absolute Gasteiger partial charge is 0.228 e. The lowest BCUT2D eigenvalue weighted by Crippen LogP contribution is -2.48. The molecule has 2 aliphatic heterocycles. The third-order valence-corrected chi connectivity index (χ3v) is 5.31. The zero-order valence-electron chi connectivity index (χ0n) is 14.7. The van der Waals surface area contributed by atoms with Crippen LogP contribution in [0.4, 0.5) is 5.69 Å². The van der Waals surface area contributed by atoms with Gasteiger partial charge < -0.3 is 14.8 Å². The Morgan fingerprint density at radius 3 is 3.04 bits per heavy atom. The molecule has 132 valence electrons. The summed E-state index contributed by atoms with van der Waals surface area (Å²) in [5.74, 6) is 1.29. The first-order valence-electron chi connectivity index (χ1n) is 9.04. The highest BCUT2D eigenvalue weighted by molar-refractivity contribution is 5.95. The van der Waals surface area contributed by atoms with E-state index in [-0.39, 0.29) is 11.9 Å². The van der Waals surface area contributed by atoms with Gasteiger partial charge >= 0.3 is 0 Å². The minimum Gasteiger partial charge on any atom is -0.337 e. The van der Waals surface area contributed by atoms with Crippen LogP contribution in [0.3, 0.4) is 0 Å². The van der Waals surface area contributed by atoms with E-state index in [0.717, 1.165) is 50.7 Å². The van der Waals surface area contributed by atoms with E-state index in [4.69, 9.17) is 0 Å². The van der Waals surface area contributed by atoms with Crippen LogP contribution in [-0.4, -0.2) is 53.1 Å². The van der Waals surface area contributed by atoms with Crippen molar-refractivity contribution in [2.45, 2.75) is 18.9 Å². The number of nitrogens with zero attached hydrogens (tertiary/aromatic N) is 4. The SMILES string of the molecule is Cn1ccnc1C1CNCCN1CCC(=O)N1CCc2ccccc21. The standard InChI is InChI=1S/C19H25N5O/c1-22-12-9-21-19(22)17-14-20-8-13-23(17)10-7-18(25)24-11-6-15-4-2-3-5-16(15)24/h2-5,9,12,17,20H,6-8,10-11,13-14H2,1H3. The highest BCUT2D eigenvalue weighted by Gasteiger charge is 2.29. The molecule has 0 radical (unpaired) electrons. The number of aryl methyl sites for hydroxylation is 1. The molecule has 4 rings (SSSR count). The maximum Gasteiger partial charge on any atom is 0.228 e. The largest absolute Gasteiger partial charge is 0.337 e. The number of carbonyl (C=O) groups excluding carboxylic acids is 1. The number of carbonyl (C=O) groups is 1. The Kier molecular flexibility index (Phi) is 4.55. The lowest BCUT2D eigenvalue weighted by Gasteiger charge is -2.35. The molecule has 1 N–H and O–H groups in total. The van der Waals surface area contributed by atoms with Gasteiger partial charge in [-0.25, -0.2) is 4.98 Å². The molecule has 1 amide bonds. The van der Waals surface area contributed by atoms with Gasteiger partial charge in [-0.15, -0.1) is 0 Å². The molecule has 1 aromatic heterocycles. The molecule has 1 aromatic carbocycles. The van der Waals surface area contributed by atoms with Crippen LogP contribution in [-0.2, 0) is 18.3 Å². The van der Waals surface area contributed by atoms with Gasteiger partial charge in [0.25, 0.3) is 0 Å². The van der Waals surface area contributed by atoms with E-state index >= 15 is 0 Å². The Bertz CT molecular complexity index is 756. The van der Waals surface area contributed by atoms with E-state index in [1.807, 2.05) is 36.5 Å². The van der Waals surface area contributed by atoms with Crippen LogP contribution in [0, 0.1) is 0 Å². The maximum atomic E-state index is 12.8. The minimum atomic E-state index is 0.224. The van der Waals surface area contributed by atoms with E-state index in [1.54, 1.807) is 0 Å². The number of imidazole rings is 1. The molecule has 0 aliphatic carbocycles. The van der Waals surface area contributed by atoms with Crippen LogP contribution in [0.2, 0.25) is 0 Å². The number of para-hydroxylation sites is 1. The number of nitrogens with one attached hydrogen (secondary N) is 1. The van der Waals surface area contributed by atoms with Crippen molar-refractivity contribution in [2.75, 3.05) is 37.6 Å². The normalized spacial score (nSPS) is 20.7. The summed E-state index contributed by atoms with van der Waals surface area (Å²) in [6.07, 6.45) is 5.34. The van der Waals surface area contributed by atoms with Gasteiger partial charge in [0, 0.05) is 64.3 Å². The van der Waals surface area contributed by atoms with Crippen molar-refractivity contribution < 1.29 is 4.79 Å². The molecule has 1 unspecified atom stereocenters. The summed E-state index contributed by atoms with van der Waals surface area (Å²) in [6.45, 7) is 4.37. The fraction of sp³-hybridized carbons (Fsp3) is 0.474. The Morgan fingerprint density at radius 2 is 2.20 bits per heavy atom. The fourth-order valence-electron chi connectivity index (χ4n) is 3.94. The quantitative estimate of drug-likeness (QED) is 0.913. The Morgan fingerprint density at radius 1 is 1.32 bits per heavy atom. The molecule has 1 saturated heterocycles. The summed E-state index contributed by atoms with van der Waals surface area (Å²) < 4.78 is 2.07. The molecule has 3 heterocycles. The topological polar surface area (TPSA) is 53.4 Å². The Labute approximate surface area is 148 Å². The summed E-state index contributed by atoms with van der Waals surface area (Å²) >= 11 is 0. The predicted molar refractivity (Wildman–Crippen MR) is 97.5 cm³/mol. The molecule has 2 aromatic rings. The van der Waals surface area contributed by atoms with Gasteiger partial charge in [-0.2, -0.15) is 0 Å². The average Bonchev–Trinajstić information content (AvgIpc) is 3.26. The molecule has 2 aliphatic rings. The summed E-state index contributed by atoms with van der Waals surface area (Å²) in [4.78, 5) is 21.6. The monoisotopic (exact) mass is 339 g/mol. The molecule has 1 atom stereocenters. The number of fused-ring (bicyclic) bond motifs is 1. The van der Waals surface area contributed by atoms with Gasteiger partial charge in [0.2, 0.25) is 5.91 Å². The van der Waals surface area contributed by atoms with Crippen molar-refractivity contribution in [3.05, 3.63) is 48.0 Å². The summed E-state index contributed by atoms with van der Waals surface area (Å²) in [7, 11) is 2.03. The second-order valence-electron chi connectivity index (χ2n) is 6.83. The van der Waals surface area contributed by atoms with Gasteiger partial charge in [0.1, 0.15) is 5.82 Å². The molecule has 0 bridgehead atoms. The van der Waals surface area contributed by atoms with Gasteiger partial charge in [-0.1, -0.05) is 18.2 Å². The van der Waals surface area contributed by atoms with Crippen LogP contribution in [0.5, 0.6) is 0 Å². The first kappa shape index (κ1) is 16.3. The highest BCUT2D eigenvalue weighted by atomic mass is 16.2. The van der Waals surface area contributed by atoms with Crippen LogP contribution in [0.1, 0.15) is 23.9 Å². The fourth-order valence-corrected chi connectivity index (χ4v) is 3.94. The summed E-state index contributed by atoms with van der Waals surface area (Å²) in [6, 6.07) is 8.47. The molecular weight excluding hydrogens is 314 g/mol. The molecular formula is C19H25N5O. The van der Waals surface area contributed by atoms with E-state index in [1.165, 1.54) is 5.56 Å². The van der Waals surface area contributed by atoms with Crippen molar-refractivity contribution >= 4 is 11.6 Å². The zero-order valence-corrected chi connectivity index (χ0v) is 14.7. The highest BCUT2D eigenvalue weighted by Crippen LogP contribution is 2.28. The van der Waals surface area contributed by atoms with Crippen LogP contribution >= 0.6 is 0 Å². The zero-order chi connectivity index (χ0) is 17.2. The van der Waals surface area contributed by atoms with Gasteiger partial charge in [-0.05, 0) is 18.1 Å². The number of hydrogen-bond donors (Lipinski definition) is 1. The van der Waals surface area contributed by atoms with E-state index in [2.05, 4.69) is 31.9 Å². The first-order chi connectivity index (χ1) is 12.2. The molecule has 0 spiro atoms. The number of anilines is 1. The van der Waals surface area contributed by atoms with Gasteiger partial charge in [0.05, 0.1) is 6.04 Å². The molecule has 1 fully saturated rings. The van der Waals surface area contributed by atoms with Crippen molar-refractivity contribution in [3.63, 3.8) is 0 Å². The van der Waals surface area contributed by atoms with Crippen molar-refractivity contribution in [2.24, 2.45) is 7.05 Å². The Balaban J connectivity index is 1.42. The van der Waals surface area contributed by atoms with Crippen LogP contribution < -0.4 is 10.2 Å². The maximum absolute atomic E-state index is 12.8. The summed E-state index contributed by atoms with van der Waals surface area (Å²) in [5, 5.41) is 3.45.